The summed E-state index contributed by atoms with van der Waals surface area (Å²) in [6.07, 6.45) is 3.38. The van der Waals surface area contributed by atoms with Gasteiger partial charge in [0.15, 0.2) is 0 Å². The zero-order valence-electron chi connectivity index (χ0n) is 10.5. The maximum absolute atomic E-state index is 11.6. The number of alkyl halides is 1. The van der Waals surface area contributed by atoms with Crippen LogP contribution in [-0.2, 0) is 14.8 Å². The molecule has 0 aromatic rings. The highest BCUT2D eigenvalue weighted by atomic mass is 79.9. The van der Waals surface area contributed by atoms with E-state index in [1.807, 2.05) is 13.8 Å². The van der Waals surface area contributed by atoms with Crippen LogP contribution in [0.15, 0.2) is 0 Å². The summed E-state index contributed by atoms with van der Waals surface area (Å²) in [6.45, 7) is 4.62. The van der Waals surface area contributed by atoms with Crippen molar-refractivity contribution in [1.29, 1.82) is 0 Å². The Morgan fingerprint density at radius 3 is 2.65 bits per heavy atom. The average molecular weight is 328 g/mol. The van der Waals surface area contributed by atoms with Gasteiger partial charge in [-0.25, -0.2) is 13.1 Å². The molecule has 2 atom stereocenters. The zero-order chi connectivity index (χ0) is 12.9. The number of ether oxygens (including phenoxy) is 1. The van der Waals surface area contributed by atoms with Gasteiger partial charge in [-0.1, -0.05) is 15.9 Å². The number of sulfonamides is 1. The van der Waals surface area contributed by atoms with E-state index in [1.54, 1.807) is 0 Å². The second-order valence-electron chi connectivity index (χ2n) is 4.86. The van der Waals surface area contributed by atoms with Crippen LogP contribution < -0.4 is 4.72 Å². The molecule has 0 saturated heterocycles. The van der Waals surface area contributed by atoms with Crippen LogP contribution in [0, 0.1) is 5.92 Å². The van der Waals surface area contributed by atoms with Gasteiger partial charge in [-0.05, 0) is 39.0 Å². The summed E-state index contributed by atoms with van der Waals surface area (Å²) in [4.78, 5) is 0.557. The van der Waals surface area contributed by atoms with Gasteiger partial charge in [0.2, 0.25) is 10.0 Å². The molecule has 0 aromatic carbocycles. The van der Waals surface area contributed by atoms with Crippen molar-refractivity contribution in [1.82, 2.24) is 4.72 Å². The molecule has 0 heterocycles. The topological polar surface area (TPSA) is 55.4 Å². The van der Waals surface area contributed by atoms with E-state index in [2.05, 4.69) is 20.7 Å². The number of hydrogen-bond donors (Lipinski definition) is 1. The standard InChI is InChI=1S/C11H22BrNO3S/c1-9(2)16-5-6-17(14,15)13-8-10-3-4-11(12)7-10/h9-11,13H,3-8H2,1-2H3. The summed E-state index contributed by atoms with van der Waals surface area (Å²) >= 11 is 3.56. The van der Waals surface area contributed by atoms with E-state index in [1.165, 1.54) is 0 Å². The molecule has 1 rings (SSSR count). The minimum atomic E-state index is -3.17. The SMILES string of the molecule is CC(C)OCCS(=O)(=O)NCC1CCC(Br)C1. The van der Waals surface area contributed by atoms with Gasteiger partial charge < -0.3 is 4.74 Å². The largest absolute Gasteiger partial charge is 0.378 e. The van der Waals surface area contributed by atoms with Crippen LogP contribution in [0.1, 0.15) is 33.1 Å². The quantitative estimate of drug-likeness (QED) is 0.726. The highest BCUT2D eigenvalue weighted by Crippen LogP contribution is 2.30. The Morgan fingerprint density at radius 1 is 1.41 bits per heavy atom. The monoisotopic (exact) mass is 327 g/mol. The molecule has 0 aromatic heterocycles. The van der Waals surface area contributed by atoms with Crippen LogP contribution in [0.25, 0.3) is 0 Å². The van der Waals surface area contributed by atoms with Crippen molar-refractivity contribution in [3.05, 3.63) is 0 Å². The van der Waals surface area contributed by atoms with E-state index in [0.717, 1.165) is 19.3 Å². The molecule has 1 saturated carbocycles. The Morgan fingerprint density at radius 2 is 2.12 bits per heavy atom. The summed E-state index contributed by atoms with van der Waals surface area (Å²) in [5, 5.41) is 0. The Labute approximate surface area is 113 Å². The summed E-state index contributed by atoms with van der Waals surface area (Å²) in [5.74, 6) is 0.524. The van der Waals surface area contributed by atoms with E-state index in [-0.39, 0.29) is 18.5 Å². The molecule has 17 heavy (non-hydrogen) atoms. The lowest BCUT2D eigenvalue weighted by atomic mass is 10.1. The van der Waals surface area contributed by atoms with Crippen LogP contribution in [0.4, 0.5) is 0 Å². The normalized spacial score (nSPS) is 25.6. The predicted molar refractivity (Wildman–Crippen MR) is 72.9 cm³/mol. The van der Waals surface area contributed by atoms with Gasteiger partial charge in [-0.15, -0.1) is 0 Å². The van der Waals surface area contributed by atoms with Crippen LogP contribution in [0.3, 0.4) is 0 Å². The fourth-order valence-electron chi connectivity index (χ4n) is 1.91. The first-order valence-electron chi connectivity index (χ1n) is 6.12. The molecular weight excluding hydrogens is 306 g/mol. The first kappa shape index (κ1) is 15.4. The second-order valence-corrected chi connectivity index (χ2v) is 8.08. The average Bonchev–Trinajstić information content (AvgIpc) is 2.61. The van der Waals surface area contributed by atoms with Crippen molar-refractivity contribution in [2.45, 2.75) is 44.0 Å². The van der Waals surface area contributed by atoms with Crippen molar-refractivity contribution < 1.29 is 13.2 Å². The first-order valence-corrected chi connectivity index (χ1v) is 8.69. The Kier molecular flexibility index (Phi) is 6.40. The fraction of sp³-hybridized carbons (Fsp3) is 1.00. The van der Waals surface area contributed by atoms with E-state index in [0.29, 0.717) is 17.3 Å². The van der Waals surface area contributed by atoms with Gasteiger partial charge in [-0.2, -0.15) is 0 Å². The third-order valence-corrected chi connectivity index (χ3v) is 5.01. The molecule has 2 unspecified atom stereocenters. The third-order valence-electron chi connectivity index (χ3n) is 2.87. The Bertz CT molecular complexity index is 319. The molecule has 1 aliphatic rings. The third kappa shape index (κ3) is 6.74. The van der Waals surface area contributed by atoms with Gasteiger partial charge in [0.25, 0.3) is 0 Å². The second kappa shape index (κ2) is 7.07. The van der Waals surface area contributed by atoms with E-state index < -0.39 is 10.0 Å². The van der Waals surface area contributed by atoms with Crippen molar-refractivity contribution in [2.24, 2.45) is 5.92 Å². The van der Waals surface area contributed by atoms with Gasteiger partial charge >= 0.3 is 0 Å². The summed E-state index contributed by atoms with van der Waals surface area (Å²) in [6, 6.07) is 0. The molecule has 4 nitrogen and oxygen atoms in total. The van der Waals surface area contributed by atoms with Crippen molar-refractivity contribution in [2.75, 3.05) is 18.9 Å². The maximum Gasteiger partial charge on any atom is 0.213 e. The highest BCUT2D eigenvalue weighted by molar-refractivity contribution is 9.09. The van der Waals surface area contributed by atoms with Gasteiger partial charge in [-0.3, -0.25) is 0 Å². The van der Waals surface area contributed by atoms with Gasteiger partial charge in [0, 0.05) is 11.4 Å². The van der Waals surface area contributed by atoms with E-state index in [9.17, 15) is 8.42 Å². The molecule has 6 heteroatoms. The lowest BCUT2D eigenvalue weighted by Crippen LogP contribution is -2.32. The number of hydrogen-bond acceptors (Lipinski definition) is 3. The Hall–Kier alpha value is 0.350. The molecule has 0 aliphatic heterocycles. The molecule has 0 amide bonds. The van der Waals surface area contributed by atoms with Crippen molar-refractivity contribution in [3.8, 4) is 0 Å². The minimum Gasteiger partial charge on any atom is -0.378 e. The zero-order valence-corrected chi connectivity index (χ0v) is 12.9. The smallest absolute Gasteiger partial charge is 0.213 e. The minimum absolute atomic E-state index is 0.0512. The van der Waals surface area contributed by atoms with E-state index in [4.69, 9.17) is 4.74 Å². The number of rotatable bonds is 7. The highest BCUT2D eigenvalue weighted by Gasteiger charge is 2.23. The van der Waals surface area contributed by atoms with E-state index >= 15 is 0 Å². The van der Waals surface area contributed by atoms with Crippen molar-refractivity contribution in [3.63, 3.8) is 0 Å². The lowest BCUT2D eigenvalue weighted by Gasteiger charge is -2.12. The molecule has 102 valence electrons. The maximum atomic E-state index is 11.6. The summed E-state index contributed by atoms with van der Waals surface area (Å²) < 4.78 is 31.2. The fourth-order valence-corrected chi connectivity index (χ4v) is 3.65. The molecule has 1 aliphatic carbocycles. The van der Waals surface area contributed by atoms with Crippen molar-refractivity contribution >= 4 is 26.0 Å². The summed E-state index contributed by atoms with van der Waals surface area (Å²) in [7, 11) is -3.17. The van der Waals surface area contributed by atoms with Crippen LogP contribution >= 0.6 is 15.9 Å². The molecule has 1 N–H and O–H groups in total. The Balaban J connectivity index is 2.20. The first-order chi connectivity index (χ1) is 7.89. The molecular formula is C11H22BrNO3S. The van der Waals surface area contributed by atoms with Crippen LogP contribution in [0.2, 0.25) is 0 Å². The summed E-state index contributed by atoms with van der Waals surface area (Å²) in [5.41, 5.74) is 0. The van der Waals surface area contributed by atoms with Gasteiger partial charge in [0.05, 0.1) is 18.5 Å². The predicted octanol–water partition coefficient (Wildman–Crippen LogP) is 1.89. The molecule has 1 fully saturated rings. The number of halogens is 1. The van der Waals surface area contributed by atoms with Crippen LogP contribution in [-0.4, -0.2) is 38.3 Å². The lowest BCUT2D eigenvalue weighted by molar-refractivity contribution is 0.0911. The van der Waals surface area contributed by atoms with Gasteiger partial charge in [0.1, 0.15) is 0 Å². The van der Waals surface area contributed by atoms with Crippen LogP contribution in [0.5, 0.6) is 0 Å². The molecule has 0 bridgehead atoms. The number of nitrogens with one attached hydrogen (secondary N) is 1. The molecule has 0 spiro atoms. The molecule has 0 radical (unpaired) electrons.